The third-order valence-corrected chi connectivity index (χ3v) is 4.23. The number of piperidine rings is 1. The molecule has 0 bridgehead atoms. The number of rotatable bonds is 4. The van der Waals surface area contributed by atoms with E-state index in [-0.39, 0.29) is 36.2 Å². The highest BCUT2D eigenvalue weighted by Gasteiger charge is 2.66. The fourth-order valence-electron chi connectivity index (χ4n) is 3.03. The van der Waals surface area contributed by atoms with Crippen LogP contribution in [0.5, 0.6) is 0 Å². The minimum atomic E-state index is -0.229. The predicted molar refractivity (Wildman–Crippen MR) is 61.5 cm³/mol. The highest BCUT2D eigenvalue weighted by molar-refractivity contribution is 6.09. The Labute approximate surface area is 105 Å². The van der Waals surface area contributed by atoms with Crippen LogP contribution in [-0.2, 0) is 14.3 Å². The first-order valence-electron chi connectivity index (χ1n) is 6.50. The van der Waals surface area contributed by atoms with E-state index in [9.17, 15) is 9.59 Å². The first-order valence-corrected chi connectivity index (χ1v) is 6.50. The third-order valence-electron chi connectivity index (χ3n) is 4.23. The molecule has 0 spiro atoms. The van der Waals surface area contributed by atoms with Crippen molar-refractivity contribution in [1.29, 1.82) is 0 Å². The number of nitrogens with zero attached hydrogens (tertiary/aromatic N) is 2. The van der Waals surface area contributed by atoms with Crippen LogP contribution in [0.3, 0.4) is 0 Å². The van der Waals surface area contributed by atoms with Crippen molar-refractivity contribution in [3.63, 3.8) is 0 Å². The maximum absolute atomic E-state index is 12.0. The lowest BCUT2D eigenvalue weighted by atomic mass is 10.2. The number of hydrogen-bond donors (Lipinski definition) is 1. The van der Waals surface area contributed by atoms with Gasteiger partial charge in [-0.2, -0.15) is 0 Å². The molecule has 2 heterocycles. The third kappa shape index (κ3) is 1.84. The molecule has 1 aliphatic carbocycles. The summed E-state index contributed by atoms with van der Waals surface area (Å²) in [6.07, 6.45) is 0. The zero-order chi connectivity index (χ0) is 12.7. The van der Waals surface area contributed by atoms with E-state index < -0.39 is 0 Å². The van der Waals surface area contributed by atoms with Crippen molar-refractivity contribution in [2.45, 2.75) is 0 Å². The quantitative estimate of drug-likeness (QED) is 0.621. The van der Waals surface area contributed by atoms with Gasteiger partial charge in [-0.1, -0.05) is 0 Å². The van der Waals surface area contributed by atoms with Crippen molar-refractivity contribution in [2.24, 2.45) is 17.8 Å². The van der Waals surface area contributed by atoms with Gasteiger partial charge in [0, 0.05) is 38.7 Å². The molecule has 0 aromatic heterocycles. The van der Waals surface area contributed by atoms with Gasteiger partial charge in [-0.25, -0.2) is 0 Å². The van der Waals surface area contributed by atoms with Gasteiger partial charge in [0.1, 0.15) is 0 Å². The summed E-state index contributed by atoms with van der Waals surface area (Å²) in [5.74, 6) is -0.737. The summed E-state index contributed by atoms with van der Waals surface area (Å²) < 4.78 is 5.25. The van der Waals surface area contributed by atoms with Crippen LogP contribution in [0.2, 0.25) is 0 Å². The predicted octanol–water partition coefficient (Wildman–Crippen LogP) is -1.46. The SMILES string of the molecule is O=C1C2C(CO)C2C(=O)N1CCN1CCOCC1. The number of carbonyl (C=O) groups is 2. The molecule has 6 nitrogen and oxygen atoms in total. The average Bonchev–Trinajstić information content (AvgIpc) is 3.08. The normalized spacial score (nSPS) is 36.1. The number of morpholine rings is 1. The Morgan fingerprint density at radius 3 is 2.28 bits per heavy atom. The summed E-state index contributed by atoms with van der Waals surface area (Å²) in [5, 5.41) is 9.02. The van der Waals surface area contributed by atoms with Crippen LogP contribution in [0.1, 0.15) is 0 Å². The minimum absolute atomic E-state index is 0.0515. The highest BCUT2D eigenvalue weighted by atomic mass is 16.5. The summed E-state index contributed by atoms with van der Waals surface area (Å²) >= 11 is 0. The molecule has 2 aliphatic heterocycles. The summed E-state index contributed by atoms with van der Waals surface area (Å²) in [6, 6.07) is 0. The Morgan fingerprint density at radius 2 is 1.72 bits per heavy atom. The van der Waals surface area contributed by atoms with Crippen molar-refractivity contribution in [1.82, 2.24) is 9.80 Å². The monoisotopic (exact) mass is 254 g/mol. The van der Waals surface area contributed by atoms with Gasteiger partial charge in [-0.15, -0.1) is 0 Å². The van der Waals surface area contributed by atoms with E-state index in [1.54, 1.807) is 0 Å². The standard InChI is InChI=1S/C12H18N2O4/c15-7-8-9-10(8)12(17)14(11(9)16)2-1-13-3-5-18-6-4-13/h8-10,15H,1-7H2. The topological polar surface area (TPSA) is 70.1 Å². The number of hydrogen-bond acceptors (Lipinski definition) is 5. The van der Waals surface area contributed by atoms with Gasteiger partial charge in [0.2, 0.25) is 11.8 Å². The molecular weight excluding hydrogens is 236 g/mol. The number of aliphatic hydroxyl groups is 1. The first-order chi connectivity index (χ1) is 8.74. The van der Waals surface area contributed by atoms with Crippen molar-refractivity contribution in [3.05, 3.63) is 0 Å². The zero-order valence-corrected chi connectivity index (χ0v) is 10.2. The molecule has 2 amide bonds. The second-order valence-corrected chi connectivity index (χ2v) is 5.18. The average molecular weight is 254 g/mol. The number of likely N-dealkylation sites (tertiary alicyclic amines) is 1. The van der Waals surface area contributed by atoms with Gasteiger partial charge < -0.3 is 9.84 Å². The van der Waals surface area contributed by atoms with Crippen molar-refractivity contribution in [2.75, 3.05) is 46.0 Å². The van der Waals surface area contributed by atoms with Gasteiger partial charge in [0.05, 0.1) is 25.0 Å². The van der Waals surface area contributed by atoms with Gasteiger partial charge in [0.25, 0.3) is 0 Å². The van der Waals surface area contributed by atoms with Crippen LogP contribution in [-0.4, -0.2) is 72.7 Å². The molecular formula is C12H18N2O4. The van der Waals surface area contributed by atoms with E-state index in [0.29, 0.717) is 6.54 Å². The van der Waals surface area contributed by atoms with E-state index in [0.717, 1.165) is 32.8 Å². The Balaban J connectivity index is 1.52. The number of carbonyl (C=O) groups excluding carboxylic acids is 2. The van der Waals surface area contributed by atoms with Crippen LogP contribution < -0.4 is 0 Å². The van der Waals surface area contributed by atoms with E-state index in [1.165, 1.54) is 4.90 Å². The van der Waals surface area contributed by atoms with Crippen LogP contribution in [0.4, 0.5) is 0 Å². The Hall–Kier alpha value is -0.980. The summed E-state index contributed by atoms with van der Waals surface area (Å²) in [7, 11) is 0. The Bertz CT molecular complexity index is 345. The Kier molecular flexibility index (Phi) is 3.09. The summed E-state index contributed by atoms with van der Waals surface area (Å²) in [4.78, 5) is 27.5. The number of imide groups is 1. The summed E-state index contributed by atoms with van der Waals surface area (Å²) in [6.45, 7) is 4.32. The van der Waals surface area contributed by atoms with E-state index >= 15 is 0 Å². The van der Waals surface area contributed by atoms with Crippen molar-refractivity contribution >= 4 is 11.8 Å². The fraction of sp³-hybridized carbons (Fsp3) is 0.833. The molecule has 1 N–H and O–H groups in total. The molecule has 3 fully saturated rings. The van der Waals surface area contributed by atoms with Crippen LogP contribution in [0.15, 0.2) is 0 Å². The maximum atomic E-state index is 12.0. The first kappa shape index (κ1) is 12.1. The Morgan fingerprint density at radius 1 is 1.11 bits per heavy atom. The fourth-order valence-corrected chi connectivity index (χ4v) is 3.03. The lowest BCUT2D eigenvalue weighted by Crippen LogP contribution is -2.44. The molecule has 6 heteroatoms. The molecule has 2 unspecified atom stereocenters. The van der Waals surface area contributed by atoms with Gasteiger partial charge in [0.15, 0.2) is 0 Å². The molecule has 2 saturated heterocycles. The van der Waals surface area contributed by atoms with Crippen LogP contribution in [0.25, 0.3) is 0 Å². The van der Waals surface area contributed by atoms with Crippen molar-refractivity contribution < 1.29 is 19.4 Å². The molecule has 0 radical (unpaired) electrons. The smallest absolute Gasteiger partial charge is 0.233 e. The summed E-state index contributed by atoms with van der Waals surface area (Å²) in [5.41, 5.74) is 0. The number of aliphatic hydroxyl groups excluding tert-OH is 1. The second kappa shape index (κ2) is 4.60. The maximum Gasteiger partial charge on any atom is 0.233 e. The number of fused-ring (bicyclic) bond motifs is 1. The molecule has 0 aromatic rings. The van der Waals surface area contributed by atoms with E-state index in [2.05, 4.69) is 4.90 Å². The molecule has 3 aliphatic rings. The molecule has 18 heavy (non-hydrogen) atoms. The van der Waals surface area contributed by atoms with Gasteiger partial charge in [-0.3, -0.25) is 19.4 Å². The molecule has 1 saturated carbocycles. The second-order valence-electron chi connectivity index (χ2n) is 5.18. The lowest BCUT2D eigenvalue weighted by molar-refractivity contribution is -0.142. The van der Waals surface area contributed by atoms with Gasteiger partial charge in [-0.05, 0) is 0 Å². The largest absolute Gasteiger partial charge is 0.396 e. The number of ether oxygens (including phenoxy) is 1. The van der Waals surface area contributed by atoms with E-state index in [1.807, 2.05) is 0 Å². The van der Waals surface area contributed by atoms with E-state index in [4.69, 9.17) is 9.84 Å². The van der Waals surface area contributed by atoms with Crippen LogP contribution in [0, 0.1) is 17.8 Å². The zero-order valence-electron chi connectivity index (χ0n) is 10.2. The molecule has 0 aromatic carbocycles. The van der Waals surface area contributed by atoms with Crippen LogP contribution >= 0.6 is 0 Å². The number of amides is 2. The molecule has 3 rings (SSSR count). The van der Waals surface area contributed by atoms with Crippen molar-refractivity contribution in [3.8, 4) is 0 Å². The molecule has 2 atom stereocenters. The minimum Gasteiger partial charge on any atom is -0.396 e. The highest BCUT2D eigenvalue weighted by Crippen LogP contribution is 2.52. The lowest BCUT2D eigenvalue weighted by Gasteiger charge is -2.28. The van der Waals surface area contributed by atoms with Gasteiger partial charge >= 0.3 is 0 Å². The molecule has 100 valence electrons.